The van der Waals surface area contributed by atoms with Gasteiger partial charge in [-0.3, -0.25) is 9.59 Å². The smallest absolute Gasteiger partial charge is 0.309 e. The molecule has 1 saturated carbocycles. The van der Waals surface area contributed by atoms with Crippen molar-refractivity contribution in [2.45, 2.75) is 52.9 Å². The first-order valence-electron chi connectivity index (χ1n) is 8.26. The summed E-state index contributed by atoms with van der Waals surface area (Å²) in [5.41, 5.74) is 0. The van der Waals surface area contributed by atoms with Crippen LogP contribution in [-0.4, -0.2) is 25.2 Å². The van der Waals surface area contributed by atoms with Gasteiger partial charge in [-0.25, -0.2) is 0 Å². The fourth-order valence-corrected chi connectivity index (χ4v) is 3.35. The molecule has 0 aromatic heterocycles. The Balaban J connectivity index is 2.84. The van der Waals surface area contributed by atoms with E-state index in [9.17, 15) is 14.9 Å². The van der Waals surface area contributed by atoms with Crippen LogP contribution in [0.15, 0.2) is 0 Å². The van der Waals surface area contributed by atoms with Crippen LogP contribution in [0, 0.1) is 35.0 Å². The van der Waals surface area contributed by atoms with Crippen molar-refractivity contribution in [1.82, 2.24) is 0 Å². The van der Waals surface area contributed by atoms with Crippen molar-refractivity contribution < 1.29 is 19.1 Å². The highest BCUT2D eigenvalue weighted by molar-refractivity contribution is 5.80. The van der Waals surface area contributed by atoms with Crippen molar-refractivity contribution in [3.63, 3.8) is 0 Å². The van der Waals surface area contributed by atoms with Crippen LogP contribution in [0.4, 0.5) is 0 Å². The number of hydrogen-bond donors (Lipinski definition) is 0. The van der Waals surface area contributed by atoms with Crippen molar-refractivity contribution in [2.24, 2.45) is 23.7 Å². The number of esters is 2. The van der Waals surface area contributed by atoms with Crippen molar-refractivity contribution in [3.05, 3.63) is 0 Å². The second-order valence-corrected chi connectivity index (χ2v) is 5.93. The summed E-state index contributed by atoms with van der Waals surface area (Å²) in [6.45, 7) is 5.91. The van der Waals surface area contributed by atoms with Gasteiger partial charge in [-0.05, 0) is 38.5 Å². The maximum absolute atomic E-state index is 12.2. The van der Waals surface area contributed by atoms with Crippen LogP contribution in [-0.2, 0) is 19.1 Å². The van der Waals surface area contributed by atoms with Crippen LogP contribution >= 0.6 is 0 Å². The molecule has 1 fully saturated rings. The normalized spacial score (nSPS) is 19.0. The fraction of sp³-hybridized carbons (Fsp3) is 0.824. The Bertz CT molecular complexity index is 409. The van der Waals surface area contributed by atoms with E-state index in [0.29, 0.717) is 5.92 Å². The second kappa shape index (κ2) is 9.45. The highest BCUT2D eigenvalue weighted by Gasteiger charge is 2.38. The lowest BCUT2D eigenvalue weighted by atomic mass is 9.75. The van der Waals surface area contributed by atoms with Gasteiger partial charge in [0.2, 0.25) is 0 Å². The molecule has 0 bridgehead atoms. The van der Waals surface area contributed by atoms with Crippen molar-refractivity contribution in [2.75, 3.05) is 13.2 Å². The van der Waals surface area contributed by atoms with Gasteiger partial charge in [0.1, 0.15) is 0 Å². The molecule has 1 aliphatic rings. The molecule has 0 spiro atoms. The molecule has 124 valence electrons. The van der Waals surface area contributed by atoms with Crippen LogP contribution in [0.3, 0.4) is 0 Å². The van der Waals surface area contributed by atoms with Crippen LogP contribution < -0.4 is 0 Å². The van der Waals surface area contributed by atoms with E-state index in [1.165, 1.54) is 0 Å². The van der Waals surface area contributed by atoms with E-state index < -0.39 is 17.9 Å². The predicted octanol–water partition coefficient (Wildman–Crippen LogP) is 3.08. The molecule has 0 heterocycles. The van der Waals surface area contributed by atoms with E-state index in [4.69, 9.17) is 9.47 Å². The minimum Gasteiger partial charge on any atom is -0.466 e. The van der Waals surface area contributed by atoms with E-state index in [1.807, 2.05) is 6.92 Å². The van der Waals surface area contributed by atoms with Crippen LogP contribution in [0.25, 0.3) is 0 Å². The number of hydrogen-bond acceptors (Lipinski definition) is 5. The van der Waals surface area contributed by atoms with Crippen molar-refractivity contribution in [1.29, 1.82) is 5.26 Å². The zero-order valence-electron chi connectivity index (χ0n) is 13.8. The van der Waals surface area contributed by atoms with Crippen LogP contribution in [0.1, 0.15) is 52.9 Å². The molecule has 0 aromatic carbocycles. The summed E-state index contributed by atoms with van der Waals surface area (Å²) in [4.78, 5) is 24.0. The van der Waals surface area contributed by atoms with Crippen LogP contribution in [0.2, 0.25) is 0 Å². The molecule has 5 nitrogen and oxygen atoms in total. The first-order chi connectivity index (χ1) is 10.5. The highest BCUT2D eigenvalue weighted by Crippen LogP contribution is 2.38. The molecular formula is C17H27NO4. The summed E-state index contributed by atoms with van der Waals surface area (Å²) < 4.78 is 10.1. The molecule has 22 heavy (non-hydrogen) atoms. The van der Waals surface area contributed by atoms with Gasteiger partial charge >= 0.3 is 11.9 Å². The largest absolute Gasteiger partial charge is 0.466 e. The Hall–Kier alpha value is -1.57. The van der Waals surface area contributed by atoms with Gasteiger partial charge in [-0.1, -0.05) is 19.8 Å². The van der Waals surface area contributed by atoms with E-state index in [2.05, 4.69) is 6.07 Å². The Morgan fingerprint density at radius 3 is 2.27 bits per heavy atom. The Kier molecular flexibility index (Phi) is 7.94. The zero-order chi connectivity index (χ0) is 16.5. The third-order valence-corrected chi connectivity index (χ3v) is 4.54. The average Bonchev–Trinajstić information content (AvgIpc) is 3.00. The summed E-state index contributed by atoms with van der Waals surface area (Å²) in [6, 6.07) is 2.37. The quantitative estimate of drug-likeness (QED) is 0.644. The van der Waals surface area contributed by atoms with E-state index >= 15 is 0 Å². The number of carbonyl (C=O) groups excluding carboxylic acids is 2. The lowest BCUT2D eigenvalue weighted by Crippen LogP contribution is -2.33. The van der Waals surface area contributed by atoms with E-state index in [-0.39, 0.29) is 31.5 Å². The SMILES string of the molecule is CCOC(=O)CC(C(=O)OCC)C(C)C(C#N)C1CCCC1. The maximum atomic E-state index is 12.2. The average molecular weight is 309 g/mol. The fourth-order valence-electron chi connectivity index (χ4n) is 3.35. The summed E-state index contributed by atoms with van der Waals surface area (Å²) >= 11 is 0. The summed E-state index contributed by atoms with van der Waals surface area (Å²) in [5.74, 6) is -1.52. The predicted molar refractivity (Wildman–Crippen MR) is 81.6 cm³/mol. The third-order valence-electron chi connectivity index (χ3n) is 4.54. The number of ether oxygens (including phenoxy) is 2. The van der Waals surface area contributed by atoms with Gasteiger partial charge < -0.3 is 9.47 Å². The Morgan fingerprint density at radius 2 is 1.77 bits per heavy atom. The minimum absolute atomic E-state index is 0.0151. The molecule has 0 aromatic rings. The number of nitriles is 1. The first kappa shape index (κ1) is 18.5. The number of rotatable bonds is 8. The molecule has 0 radical (unpaired) electrons. The lowest BCUT2D eigenvalue weighted by molar-refractivity contribution is -0.157. The van der Waals surface area contributed by atoms with Crippen LogP contribution in [0.5, 0.6) is 0 Å². The summed E-state index contributed by atoms with van der Waals surface area (Å²) in [5, 5.41) is 9.54. The molecular weight excluding hydrogens is 282 g/mol. The molecule has 3 unspecified atom stereocenters. The highest BCUT2D eigenvalue weighted by atomic mass is 16.5. The van der Waals surface area contributed by atoms with Crippen molar-refractivity contribution in [3.8, 4) is 6.07 Å². The van der Waals surface area contributed by atoms with Gasteiger partial charge in [0.15, 0.2) is 0 Å². The maximum Gasteiger partial charge on any atom is 0.309 e. The molecule has 0 N–H and O–H groups in total. The van der Waals surface area contributed by atoms with Gasteiger partial charge in [-0.2, -0.15) is 5.26 Å². The molecule has 0 amide bonds. The monoisotopic (exact) mass is 309 g/mol. The molecule has 0 aliphatic heterocycles. The molecule has 1 rings (SSSR count). The molecule has 5 heteroatoms. The summed E-state index contributed by atoms with van der Waals surface area (Å²) in [6.07, 6.45) is 4.31. The van der Waals surface area contributed by atoms with E-state index in [0.717, 1.165) is 25.7 Å². The topological polar surface area (TPSA) is 76.4 Å². The second-order valence-electron chi connectivity index (χ2n) is 5.93. The zero-order valence-corrected chi connectivity index (χ0v) is 13.8. The van der Waals surface area contributed by atoms with E-state index in [1.54, 1.807) is 13.8 Å². The standard InChI is InChI=1S/C17H27NO4/c1-4-21-16(19)10-14(17(20)22-5-2)12(3)15(11-18)13-8-6-7-9-13/h12-15H,4-10H2,1-3H3. The molecule has 3 atom stereocenters. The van der Waals surface area contributed by atoms with Crippen molar-refractivity contribution >= 4 is 11.9 Å². The Morgan fingerprint density at radius 1 is 1.18 bits per heavy atom. The number of nitrogens with zero attached hydrogens (tertiary/aromatic N) is 1. The first-order valence-corrected chi connectivity index (χ1v) is 8.26. The third kappa shape index (κ3) is 5.01. The van der Waals surface area contributed by atoms with Gasteiger partial charge in [0.25, 0.3) is 0 Å². The minimum atomic E-state index is -0.607. The molecule has 0 saturated heterocycles. The van der Waals surface area contributed by atoms with Gasteiger partial charge in [-0.15, -0.1) is 0 Å². The Labute approximate surface area is 133 Å². The lowest BCUT2D eigenvalue weighted by Gasteiger charge is -2.28. The summed E-state index contributed by atoms with van der Waals surface area (Å²) in [7, 11) is 0. The van der Waals surface area contributed by atoms with Gasteiger partial charge in [0.05, 0.1) is 37.5 Å². The molecule has 1 aliphatic carbocycles. The van der Waals surface area contributed by atoms with Gasteiger partial charge in [0, 0.05) is 0 Å². The number of carbonyl (C=O) groups is 2.